The molecule has 5 nitrogen and oxygen atoms in total. The third kappa shape index (κ3) is 2.94. The highest BCUT2D eigenvalue weighted by atomic mass is 32.1. The summed E-state index contributed by atoms with van der Waals surface area (Å²) in [7, 11) is 1.66. The first-order valence-electron chi connectivity index (χ1n) is 7.46. The van der Waals surface area contributed by atoms with Crippen LogP contribution in [0.4, 0.5) is 0 Å². The topological polar surface area (TPSA) is 57.4 Å². The van der Waals surface area contributed by atoms with Crippen molar-refractivity contribution in [3.63, 3.8) is 0 Å². The molecule has 0 spiro atoms. The number of benzene rings is 1. The number of rotatable bonds is 4. The molecule has 0 radical (unpaired) electrons. The molecular weight excluding hydrogens is 312 g/mol. The molecule has 6 heteroatoms. The molecule has 4 rings (SSSR count). The Kier molecular flexibility index (Phi) is 3.75. The van der Waals surface area contributed by atoms with E-state index in [9.17, 15) is 0 Å². The van der Waals surface area contributed by atoms with Crippen LogP contribution in [0.3, 0.4) is 0 Å². The van der Waals surface area contributed by atoms with E-state index in [4.69, 9.17) is 14.0 Å². The maximum absolute atomic E-state index is 5.82. The Balaban J connectivity index is 1.51. The molecule has 0 amide bonds. The van der Waals surface area contributed by atoms with Gasteiger partial charge in [0.1, 0.15) is 18.1 Å². The number of ether oxygens (including phenoxy) is 2. The van der Waals surface area contributed by atoms with Crippen molar-refractivity contribution in [3.8, 4) is 11.5 Å². The molecule has 0 bridgehead atoms. The predicted molar refractivity (Wildman–Crippen MR) is 86.4 cm³/mol. The third-order valence-corrected chi connectivity index (χ3v) is 4.80. The van der Waals surface area contributed by atoms with Gasteiger partial charge in [-0.05, 0) is 41.6 Å². The van der Waals surface area contributed by atoms with Crippen LogP contribution >= 0.6 is 11.3 Å². The Hall–Kier alpha value is -2.34. The minimum Gasteiger partial charge on any atom is -0.497 e. The first kappa shape index (κ1) is 14.3. The van der Waals surface area contributed by atoms with Crippen LogP contribution < -0.4 is 9.47 Å². The van der Waals surface area contributed by atoms with E-state index in [0.717, 1.165) is 29.3 Å². The molecule has 118 valence electrons. The Bertz CT molecular complexity index is 798. The first-order valence-corrected chi connectivity index (χ1v) is 8.34. The van der Waals surface area contributed by atoms with Crippen LogP contribution in [-0.4, -0.2) is 23.9 Å². The Morgan fingerprint density at radius 2 is 2.30 bits per heavy atom. The molecule has 1 aliphatic rings. The second-order valence-corrected chi connectivity index (χ2v) is 6.52. The van der Waals surface area contributed by atoms with Gasteiger partial charge in [0.2, 0.25) is 5.89 Å². The van der Waals surface area contributed by atoms with E-state index >= 15 is 0 Å². The van der Waals surface area contributed by atoms with Crippen LogP contribution in [0, 0.1) is 0 Å². The SMILES string of the molecule is COc1ccc2c(c1)C[C@@H](c1nc(Cc3cccs3)no1)CO2. The quantitative estimate of drug-likeness (QED) is 0.734. The molecule has 3 heterocycles. The molecule has 1 atom stereocenters. The van der Waals surface area contributed by atoms with Crippen molar-refractivity contribution in [1.82, 2.24) is 10.1 Å². The van der Waals surface area contributed by atoms with Crippen LogP contribution in [0.25, 0.3) is 0 Å². The molecule has 2 aromatic heterocycles. The molecule has 0 saturated heterocycles. The van der Waals surface area contributed by atoms with Gasteiger partial charge in [-0.15, -0.1) is 11.3 Å². The normalized spacial score (nSPS) is 16.7. The van der Waals surface area contributed by atoms with E-state index in [2.05, 4.69) is 21.6 Å². The fraction of sp³-hybridized carbons (Fsp3) is 0.294. The van der Waals surface area contributed by atoms with Gasteiger partial charge < -0.3 is 14.0 Å². The molecule has 0 unspecified atom stereocenters. The standard InChI is InChI=1S/C17H16N2O3S/c1-20-13-4-5-15-11(8-13)7-12(10-21-15)17-18-16(19-22-17)9-14-3-2-6-23-14/h2-6,8,12H,7,9-10H2,1H3/t12-/m1/s1. The summed E-state index contributed by atoms with van der Waals surface area (Å²) in [6.45, 7) is 0.556. The number of nitrogens with zero attached hydrogens (tertiary/aromatic N) is 2. The van der Waals surface area contributed by atoms with Crippen LogP contribution in [0.2, 0.25) is 0 Å². The van der Waals surface area contributed by atoms with Gasteiger partial charge >= 0.3 is 0 Å². The number of thiophene rings is 1. The fourth-order valence-corrected chi connectivity index (χ4v) is 3.43. The largest absolute Gasteiger partial charge is 0.497 e. The number of methoxy groups -OCH3 is 1. The molecule has 3 aromatic rings. The van der Waals surface area contributed by atoms with Gasteiger partial charge in [-0.1, -0.05) is 11.2 Å². The maximum Gasteiger partial charge on any atom is 0.233 e. The summed E-state index contributed by atoms with van der Waals surface area (Å²) >= 11 is 1.70. The molecule has 1 aromatic carbocycles. The van der Waals surface area contributed by atoms with E-state index in [1.807, 2.05) is 24.3 Å². The van der Waals surface area contributed by atoms with Gasteiger partial charge in [0.25, 0.3) is 0 Å². The fourth-order valence-electron chi connectivity index (χ4n) is 2.73. The highest BCUT2D eigenvalue weighted by molar-refractivity contribution is 7.09. The van der Waals surface area contributed by atoms with E-state index in [0.29, 0.717) is 18.9 Å². The third-order valence-electron chi connectivity index (χ3n) is 3.92. The average Bonchev–Trinajstić information content (AvgIpc) is 3.26. The second-order valence-electron chi connectivity index (χ2n) is 5.49. The smallest absolute Gasteiger partial charge is 0.233 e. The predicted octanol–water partition coefficient (Wildman–Crippen LogP) is 3.45. The van der Waals surface area contributed by atoms with Gasteiger partial charge in [-0.25, -0.2) is 0 Å². The minimum atomic E-state index is 0.0826. The molecule has 0 N–H and O–H groups in total. The highest BCUT2D eigenvalue weighted by Crippen LogP contribution is 2.34. The van der Waals surface area contributed by atoms with E-state index < -0.39 is 0 Å². The van der Waals surface area contributed by atoms with Crippen LogP contribution in [0.15, 0.2) is 40.2 Å². The van der Waals surface area contributed by atoms with E-state index in [1.54, 1.807) is 18.4 Å². The van der Waals surface area contributed by atoms with Gasteiger partial charge in [-0.3, -0.25) is 0 Å². The summed E-state index contributed by atoms with van der Waals surface area (Å²) < 4.78 is 16.6. The molecule has 0 saturated carbocycles. The lowest BCUT2D eigenvalue weighted by molar-refractivity contribution is 0.229. The van der Waals surface area contributed by atoms with Crippen molar-refractivity contribution < 1.29 is 14.0 Å². The highest BCUT2D eigenvalue weighted by Gasteiger charge is 2.26. The van der Waals surface area contributed by atoms with Crippen molar-refractivity contribution in [2.75, 3.05) is 13.7 Å². The lowest BCUT2D eigenvalue weighted by Crippen LogP contribution is -2.19. The lowest BCUT2D eigenvalue weighted by Gasteiger charge is -2.23. The van der Waals surface area contributed by atoms with Gasteiger partial charge in [0, 0.05) is 11.3 Å². The van der Waals surface area contributed by atoms with Crippen LogP contribution in [0.5, 0.6) is 11.5 Å². The Morgan fingerprint density at radius 1 is 1.35 bits per heavy atom. The van der Waals surface area contributed by atoms with Gasteiger partial charge in [0.05, 0.1) is 13.0 Å². The zero-order chi connectivity index (χ0) is 15.6. The van der Waals surface area contributed by atoms with E-state index in [1.165, 1.54) is 4.88 Å². The summed E-state index contributed by atoms with van der Waals surface area (Å²) in [6.07, 6.45) is 1.52. The zero-order valence-corrected chi connectivity index (χ0v) is 13.5. The monoisotopic (exact) mass is 328 g/mol. The molecule has 0 fully saturated rings. The summed E-state index contributed by atoms with van der Waals surface area (Å²) in [5.74, 6) is 3.18. The Labute approximate surface area is 137 Å². The Morgan fingerprint density at radius 3 is 3.13 bits per heavy atom. The number of fused-ring (bicyclic) bond motifs is 1. The summed E-state index contributed by atoms with van der Waals surface area (Å²) in [6, 6.07) is 9.96. The van der Waals surface area contributed by atoms with Crippen molar-refractivity contribution in [2.24, 2.45) is 0 Å². The molecular formula is C17H16N2O3S. The van der Waals surface area contributed by atoms with Crippen molar-refractivity contribution in [3.05, 3.63) is 57.9 Å². The van der Waals surface area contributed by atoms with Gasteiger partial charge in [-0.2, -0.15) is 4.98 Å². The van der Waals surface area contributed by atoms with Crippen LogP contribution in [0.1, 0.15) is 28.1 Å². The number of aromatic nitrogens is 2. The first-order chi connectivity index (χ1) is 11.3. The molecule has 0 aliphatic carbocycles. The second kappa shape index (κ2) is 6.04. The summed E-state index contributed by atoms with van der Waals surface area (Å²) in [5, 5.41) is 6.15. The number of hydrogen-bond donors (Lipinski definition) is 0. The number of hydrogen-bond acceptors (Lipinski definition) is 6. The van der Waals surface area contributed by atoms with Crippen molar-refractivity contribution >= 4 is 11.3 Å². The molecule has 23 heavy (non-hydrogen) atoms. The minimum absolute atomic E-state index is 0.0826. The van der Waals surface area contributed by atoms with Crippen molar-refractivity contribution in [2.45, 2.75) is 18.8 Å². The zero-order valence-electron chi connectivity index (χ0n) is 12.7. The van der Waals surface area contributed by atoms with E-state index in [-0.39, 0.29) is 5.92 Å². The summed E-state index contributed by atoms with van der Waals surface area (Å²) in [4.78, 5) is 5.77. The molecule has 1 aliphatic heterocycles. The van der Waals surface area contributed by atoms with Crippen molar-refractivity contribution in [1.29, 1.82) is 0 Å². The average molecular weight is 328 g/mol. The lowest BCUT2D eigenvalue weighted by atomic mass is 9.96. The summed E-state index contributed by atoms with van der Waals surface area (Å²) in [5.41, 5.74) is 1.11. The van der Waals surface area contributed by atoms with Gasteiger partial charge in [0.15, 0.2) is 5.82 Å². The van der Waals surface area contributed by atoms with Crippen LogP contribution in [-0.2, 0) is 12.8 Å². The maximum atomic E-state index is 5.82.